The van der Waals surface area contributed by atoms with E-state index in [1.807, 2.05) is 18.3 Å². The first-order valence-corrected chi connectivity index (χ1v) is 9.18. The third-order valence-electron chi connectivity index (χ3n) is 4.31. The molecule has 0 aliphatic carbocycles. The number of anilines is 1. The van der Waals surface area contributed by atoms with Crippen LogP contribution in [0.15, 0.2) is 42.7 Å². The van der Waals surface area contributed by atoms with Gasteiger partial charge in [0.05, 0.1) is 0 Å². The molecular formula is C20H25N5O. The Hall–Kier alpha value is -2.89. The van der Waals surface area contributed by atoms with Crippen LogP contribution in [0, 0.1) is 0 Å². The summed E-state index contributed by atoms with van der Waals surface area (Å²) in [5, 5.41) is 7.33. The first kappa shape index (κ1) is 17.9. The number of carbonyl (C=O) groups is 1. The molecule has 0 atom stereocenters. The fourth-order valence-corrected chi connectivity index (χ4v) is 2.89. The van der Waals surface area contributed by atoms with Gasteiger partial charge in [0.15, 0.2) is 0 Å². The Labute approximate surface area is 153 Å². The van der Waals surface area contributed by atoms with E-state index in [2.05, 4.69) is 44.6 Å². The molecule has 0 saturated heterocycles. The number of H-pyrrole nitrogens is 1. The van der Waals surface area contributed by atoms with Crippen molar-refractivity contribution in [2.45, 2.75) is 32.6 Å². The number of nitrogens with zero attached hydrogens (tertiary/aromatic N) is 2. The van der Waals surface area contributed by atoms with Gasteiger partial charge in [0.2, 0.25) is 5.95 Å². The molecule has 26 heavy (non-hydrogen) atoms. The highest BCUT2D eigenvalue weighted by Crippen LogP contribution is 2.18. The molecule has 3 N–H and O–H groups in total. The maximum atomic E-state index is 12.1. The van der Waals surface area contributed by atoms with Crippen LogP contribution >= 0.6 is 0 Å². The summed E-state index contributed by atoms with van der Waals surface area (Å²) in [6.07, 6.45) is 7.73. The lowest BCUT2D eigenvalue weighted by molar-refractivity contribution is 0.0948. The Morgan fingerprint density at radius 1 is 1.15 bits per heavy atom. The Morgan fingerprint density at radius 2 is 2.04 bits per heavy atom. The van der Waals surface area contributed by atoms with Crippen LogP contribution in [-0.4, -0.2) is 33.9 Å². The van der Waals surface area contributed by atoms with E-state index in [-0.39, 0.29) is 5.91 Å². The zero-order chi connectivity index (χ0) is 18.2. The van der Waals surface area contributed by atoms with Crippen LogP contribution in [0.1, 0.15) is 42.2 Å². The molecule has 0 aliphatic rings. The van der Waals surface area contributed by atoms with Crippen LogP contribution in [0.5, 0.6) is 0 Å². The third-order valence-corrected chi connectivity index (χ3v) is 4.31. The topological polar surface area (TPSA) is 82.7 Å². The summed E-state index contributed by atoms with van der Waals surface area (Å²) in [6.45, 7) is 3.52. The van der Waals surface area contributed by atoms with Crippen molar-refractivity contribution < 1.29 is 4.79 Å². The van der Waals surface area contributed by atoms with E-state index in [0.29, 0.717) is 24.7 Å². The predicted molar refractivity (Wildman–Crippen MR) is 104 cm³/mol. The van der Waals surface area contributed by atoms with Crippen LogP contribution in [0.2, 0.25) is 0 Å². The van der Waals surface area contributed by atoms with Crippen molar-refractivity contribution in [3.8, 4) is 0 Å². The summed E-state index contributed by atoms with van der Waals surface area (Å²) in [4.78, 5) is 23.9. The fraction of sp³-hybridized carbons (Fsp3) is 0.350. The molecule has 0 bridgehead atoms. The monoisotopic (exact) mass is 351 g/mol. The Kier molecular flexibility index (Phi) is 6.19. The molecule has 1 amide bonds. The predicted octanol–water partition coefficient (Wildman–Crippen LogP) is 3.53. The van der Waals surface area contributed by atoms with Gasteiger partial charge in [-0.3, -0.25) is 4.79 Å². The molecule has 0 unspecified atom stereocenters. The number of unbranched alkanes of at least 4 members (excludes halogenated alkanes) is 2. The number of fused-ring (bicyclic) bond motifs is 1. The van der Waals surface area contributed by atoms with Gasteiger partial charge >= 0.3 is 0 Å². The smallest absolute Gasteiger partial charge is 0.270 e. The van der Waals surface area contributed by atoms with Crippen LogP contribution in [0.3, 0.4) is 0 Å². The van der Waals surface area contributed by atoms with E-state index in [1.165, 1.54) is 10.9 Å². The third kappa shape index (κ3) is 4.59. The molecule has 0 saturated carbocycles. The molecule has 0 fully saturated rings. The molecule has 0 radical (unpaired) electrons. The molecular weight excluding hydrogens is 326 g/mol. The highest BCUT2D eigenvalue weighted by Gasteiger charge is 2.08. The van der Waals surface area contributed by atoms with Crippen molar-refractivity contribution in [3.05, 3.63) is 54.0 Å². The van der Waals surface area contributed by atoms with Gasteiger partial charge in [-0.2, -0.15) is 0 Å². The SMILES string of the molecule is CCCCCNC(=O)c1ccnc(NCCc2c[nH]c3ccccc23)n1. The Balaban J connectivity index is 1.53. The second kappa shape index (κ2) is 8.99. The van der Waals surface area contributed by atoms with Crippen LogP contribution in [0.4, 0.5) is 5.95 Å². The molecule has 6 heteroatoms. The van der Waals surface area contributed by atoms with Crippen LogP contribution < -0.4 is 10.6 Å². The number of nitrogens with one attached hydrogen (secondary N) is 3. The van der Waals surface area contributed by atoms with Crippen LogP contribution in [0.25, 0.3) is 10.9 Å². The van der Waals surface area contributed by atoms with Gasteiger partial charge < -0.3 is 15.6 Å². The second-order valence-electron chi connectivity index (χ2n) is 6.26. The number of benzene rings is 1. The average Bonchev–Trinajstić information content (AvgIpc) is 3.09. The van der Waals surface area contributed by atoms with Crippen molar-refractivity contribution in [1.82, 2.24) is 20.3 Å². The summed E-state index contributed by atoms with van der Waals surface area (Å²) in [5.74, 6) is 0.328. The molecule has 2 heterocycles. The zero-order valence-electron chi connectivity index (χ0n) is 15.1. The van der Waals surface area contributed by atoms with E-state index in [9.17, 15) is 4.79 Å². The zero-order valence-corrected chi connectivity index (χ0v) is 15.1. The number of rotatable bonds is 9. The maximum absolute atomic E-state index is 12.1. The standard InChI is InChI=1S/C20H25N5O/c1-2-3-6-11-21-19(26)18-10-13-23-20(25-18)22-12-9-15-14-24-17-8-5-4-7-16(15)17/h4-5,7-8,10,13-14,24H,2-3,6,9,11-12H2,1H3,(H,21,26)(H,22,23,25). The molecule has 3 aromatic rings. The van der Waals surface area contributed by atoms with Crippen LogP contribution in [-0.2, 0) is 6.42 Å². The van der Waals surface area contributed by atoms with Crippen molar-refractivity contribution in [2.75, 3.05) is 18.4 Å². The fourth-order valence-electron chi connectivity index (χ4n) is 2.89. The summed E-state index contributed by atoms with van der Waals surface area (Å²) in [5.41, 5.74) is 2.78. The highest BCUT2D eigenvalue weighted by molar-refractivity contribution is 5.92. The number of amides is 1. The molecule has 3 rings (SSSR count). The molecule has 2 aromatic heterocycles. The minimum absolute atomic E-state index is 0.150. The normalized spacial score (nSPS) is 10.8. The number of hydrogen-bond acceptors (Lipinski definition) is 4. The minimum Gasteiger partial charge on any atom is -0.361 e. The van der Waals surface area contributed by atoms with Crippen molar-refractivity contribution >= 4 is 22.8 Å². The summed E-state index contributed by atoms with van der Waals surface area (Å²) in [7, 11) is 0. The van der Waals surface area contributed by atoms with E-state index in [4.69, 9.17) is 0 Å². The van der Waals surface area contributed by atoms with E-state index >= 15 is 0 Å². The van der Waals surface area contributed by atoms with Gasteiger partial charge in [-0.05, 0) is 30.5 Å². The lowest BCUT2D eigenvalue weighted by atomic mass is 10.1. The summed E-state index contributed by atoms with van der Waals surface area (Å²) < 4.78 is 0. The number of aromatic amines is 1. The van der Waals surface area contributed by atoms with E-state index < -0.39 is 0 Å². The molecule has 1 aromatic carbocycles. The molecule has 0 aliphatic heterocycles. The van der Waals surface area contributed by atoms with Crippen molar-refractivity contribution in [1.29, 1.82) is 0 Å². The lowest BCUT2D eigenvalue weighted by Gasteiger charge is -2.07. The van der Waals surface area contributed by atoms with Gasteiger partial charge in [0.25, 0.3) is 5.91 Å². The highest BCUT2D eigenvalue weighted by atomic mass is 16.1. The largest absolute Gasteiger partial charge is 0.361 e. The first-order chi connectivity index (χ1) is 12.8. The van der Waals surface area contributed by atoms with Crippen molar-refractivity contribution in [2.24, 2.45) is 0 Å². The Bertz CT molecular complexity index is 858. The van der Waals surface area contributed by atoms with E-state index in [0.717, 1.165) is 31.2 Å². The molecule has 0 spiro atoms. The molecule has 136 valence electrons. The first-order valence-electron chi connectivity index (χ1n) is 9.18. The summed E-state index contributed by atoms with van der Waals surface area (Å²) in [6, 6.07) is 9.88. The van der Waals surface area contributed by atoms with Gasteiger partial charge in [0, 0.05) is 36.4 Å². The minimum atomic E-state index is -0.150. The second-order valence-corrected chi connectivity index (χ2v) is 6.26. The van der Waals surface area contributed by atoms with E-state index in [1.54, 1.807) is 12.3 Å². The van der Waals surface area contributed by atoms with Gasteiger partial charge in [-0.1, -0.05) is 38.0 Å². The number of aromatic nitrogens is 3. The number of carbonyl (C=O) groups excluding carboxylic acids is 1. The van der Waals surface area contributed by atoms with Gasteiger partial charge in [-0.15, -0.1) is 0 Å². The van der Waals surface area contributed by atoms with Crippen molar-refractivity contribution in [3.63, 3.8) is 0 Å². The summed E-state index contributed by atoms with van der Waals surface area (Å²) >= 11 is 0. The van der Waals surface area contributed by atoms with Gasteiger partial charge in [-0.25, -0.2) is 9.97 Å². The van der Waals surface area contributed by atoms with Gasteiger partial charge in [0.1, 0.15) is 5.69 Å². The average molecular weight is 351 g/mol. The maximum Gasteiger partial charge on any atom is 0.270 e. The Morgan fingerprint density at radius 3 is 2.92 bits per heavy atom. The number of hydrogen-bond donors (Lipinski definition) is 3. The number of para-hydroxylation sites is 1. The quantitative estimate of drug-likeness (QED) is 0.515. The lowest BCUT2D eigenvalue weighted by Crippen LogP contribution is -2.25. The molecule has 6 nitrogen and oxygen atoms in total.